The van der Waals surface area contributed by atoms with Gasteiger partial charge >= 0.3 is 0 Å². The number of benzene rings is 1. The molecule has 0 saturated carbocycles. The van der Waals surface area contributed by atoms with E-state index in [4.69, 9.17) is 19.6 Å². The van der Waals surface area contributed by atoms with Crippen molar-refractivity contribution in [3.8, 4) is 11.5 Å². The molecule has 26 heavy (non-hydrogen) atoms. The average molecular weight is 472 g/mol. The van der Waals surface area contributed by atoms with Gasteiger partial charge in [-0.1, -0.05) is 6.07 Å². The van der Waals surface area contributed by atoms with Gasteiger partial charge in [0.05, 0.1) is 13.1 Å². The number of furan rings is 1. The van der Waals surface area contributed by atoms with Gasteiger partial charge in [0.25, 0.3) is 5.91 Å². The SMILES string of the molecule is CCNC(=NCc1ccc2c(c1)OCO2)NCc1ccc(C(N)=O)o1.I. The van der Waals surface area contributed by atoms with E-state index in [0.29, 0.717) is 24.8 Å². The maximum Gasteiger partial charge on any atom is 0.284 e. The van der Waals surface area contributed by atoms with Crippen LogP contribution in [0.4, 0.5) is 0 Å². The van der Waals surface area contributed by atoms with Gasteiger partial charge in [-0.3, -0.25) is 4.79 Å². The number of hydrogen-bond acceptors (Lipinski definition) is 5. The van der Waals surface area contributed by atoms with Crippen LogP contribution in [0.5, 0.6) is 11.5 Å². The van der Waals surface area contributed by atoms with Crippen LogP contribution in [-0.2, 0) is 13.1 Å². The summed E-state index contributed by atoms with van der Waals surface area (Å²) in [4.78, 5) is 15.6. The lowest BCUT2D eigenvalue weighted by Crippen LogP contribution is -2.36. The molecule has 2 aromatic rings. The van der Waals surface area contributed by atoms with Crippen molar-refractivity contribution >= 4 is 35.8 Å². The normalized spacial score (nSPS) is 12.4. The third-order valence-corrected chi connectivity index (χ3v) is 3.54. The summed E-state index contributed by atoms with van der Waals surface area (Å²) in [5, 5.41) is 6.30. The Balaban J connectivity index is 0.00000243. The highest BCUT2D eigenvalue weighted by atomic mass is 127. The predicted molar refractivity (Wildman–Crippen MR) is 107 cm³/mol. The van der Waals surface area contributed by atoms with Crippen LogP contribution < -0.4 is 25.8 Å². The van der Waals surface area contributed by atoms with Gasteiger partial charge in [0, 0.05) is 6.54 Å². The third kappa shape index (κ3) is 5.04. The Morgan fingerprint density at radius 3 is 2.73 bits per heavy atom. The average Bonchev–Trinajstić information content (AvgIpc) is 3.25. The zero-order valence-corrected chi connectivity index (χ0v) is 16.6. The molecule has 1 amide bonds. The van der Waals surface area contributed by atoms with Gasteiger partial charge in [0.1, 0.15) is 5.76 Å². The van der Waals surface area contributed by atoms with Crippen molar-refractivity contribution in [1.82, 2.24) is 10.6 Å². The molecule has 4 N–H and O–H groups in total. The standard InChI is InChI=1S/C17H20N4O4.HI/c1-2-19-17(21-9-12-4-6-14(25-12)16(18)22)20-8-11-3-5-13-15(7-11)24-10-23-13;/h3-7H,2,8-10H2,1H3,(H2,18,22)(H2,19,20,21);1H. The number of rotatable bonds is 6. The summed E-state index contributed by atoms with van der Waals surface area (Å²) in [5.74, 6) is 2.27. The van der Waals surface area contributed by atoms with Gasteiger partial charge in [0.2, 0.25) is 6.79 Å². The number of fused-ring (bicyclic) bond motifs is 1. The van der Waals surface area contributed by atoms with Crippen molar-refractivity contribution in [3.63, 3.8) is 0 Å². The lowest BCUT2D eigenvalue weighted by molar-refractivity contribution is 0.0972. The van der Waals surface area contributed by atoms with Gasteiger partial charge in [-0.15, -0.1) is 24.0 Å². The maximum atomic E-state index is 11.0. The number of nitrogens with two attached hydrogens (primary N) is 1. The fraction of sp³-hybridized carbons (Fsp3) is 0.294. The molecular formula is C17H21IN4O4. The molecule has 3 rings (SSSR count). The van der Waals surface area contributed by atoms with Crippen LogP contribution in [0.1, 0.15) is 28.8 Å². The molecule has 8 nitrogen and oxygen atoms in total. The number of nitrogens with zero attached hydrogens (tertiary/aromatic N) is 1. The number of guanidine groups is 1. The monoisotopic (exact) mass is 472 g/mol. The molecule has 0 bridgehead atoms. The van der Waals surface area contributed by atoms with E-state index >= 15 is 0 Å². The van der Waals surface area contributed by atoms with E-state index in [1.54, 1.807) is 12.1 Å². The molecule has 9 heteroatoms. The van der Waals surface area contributed by atoms with Crippen molar-refractivity contribution in [1.29, 1.82) is 0 Å². The summed E-state index contributed by atoms with van der Waals surface area (Å²) in [7, 11) is 0. The number of halogens is 1. The van der Waals surface area contributed by atoms with E-state index in [2.05, 4.69) is 15.6 Å². The Labute approximate surface area is 168 Å². The second-order valence-electron chi connectivity index (χ2n) is 5.37. The van der Waals surface area contributed by atoms with Gasteiger partial charge < -0.3 is 30.3 Å². The molecule has 2 heterocycles. The molecule has 0 saturated heterocycles. The molecule has 0 spiro atoms. The van der Waals surface area contributed by atoms with Crippen LogP contribution >= 0.6 is 24.0 Å². The summed E-state index contributed by atoms with van der Waals surface area (Å²) in [6.07, 6.45) is 0. The molecule has 0 radical (unpaired) electrons. The largest absolute Gasteiger partial charge is 0.454 e. The molecule has 140 valence electrons. The molecule has 1 aliphatic heterocycles. The van der Waals surface area contributed by atoms with Crippen molar-refractivity contribution in [2.75, 3.05) is 13.3 Å². The van der Waals surface area contributed by atoms with Crippen molar-refractivity contribution in [3.05, 3.63) is 47.4 Å². The fourth-order valence-electron chi connectivity index (χ4n) is 2.33. The number of carbonyl (C=O) groups is 1. The first kappa shape index (κ1) is 19.9. The second-order valence-corrected chi connectivity index (χ2v) is 5.37. The van der Waals surface area contributed by atoms with Crippen LogP contribution in [0.3, 0.4) is 0 Å². The lowest BCUT2D eigenvalue weighted by Gasteiger charge is -2.10. The van der Waals surface area contributed by atoms with E-state index < -0.39 is 5.91 Å². The first-order chi connectivity index (χ1) is 12.2. The Morgan fingerprint density at radius 1 is 1.19 bits per heavy atom. The maximum absolute atomic E-state index is 11.0. The van der Waals surface area contributed by atoms with Gasteiger partial charge in [0.15, 0.2) is 23.2 Å². The summed E-state index contributed by atoms with van der Waals surface area (Å²) in [6, 6.07) is 9.00. The first-order valence-electron chi connectivity index (χ1n) is 7.95. The molecule has 0 atom stereocenters. The minimum atomic E-state index is -0.588. The molecular weight excluding hydrogens is 451 g/mol. The van der Waals surface area contributed by atoms with Crippen LogP contribution in [-0.4, -0.2) is 25.2 Å². The van der Waals surface area contributed by atoms with Crippen molar-refractivity contribution < 1.29 is 18.7 Å². The summed E-state index contributed by atoms with van der Waals surface area (Å²) in [6.45, 7) is 3.83. The van der Waals surface area contributed by atoms with Gasteiger partial charge in [-0.25, -0.2) is 4.99 Å². The number of primary amides is 1. The minimum Gasteiger partial charge on any atom is -0.454 e. The lowest BCUT2D eigenvalue weighted by atomic mass is 10.2. The fourth-order valence-corrected chi connectivity index (χ4v) is 2.33. The zero-order chi connectivity index (χ0) is 17.6. The Morgan fingerprint density at radius 2 is 2.00 bits per heavy atom. The Kier molecular flexibility index (Phi) is 7.13. The summed E-state index contributed by atoms with van der Waals surface area (Å²) >= 11 is 0. The van der Waals surface area contributed by atoms with Gasteiger partial charge in [-0.2, -0.15) is 0 Å². The van der Waals surface area contributed by atoms with E-state index in [9.17, 15) is 4.79 Å². The number of ether oxygens (including phenoxy) is 2. The van der Waals surface area contributed by atoms with E-state index in [-0.39, 0.29) is 36.5 Å². The third-order valence-electron chi connectivity index (χ3n) is 3.54. The molecule has 1 aromatic heterocycles. The smallest absolute Gasteiger partial charge is 0.284 e. The van der Waals surface area contributed by atoms with Crippen LogP contribution in [0.25, 0.3) is 0 Å². The van der Waals surface area contributed by atoms with E-state index in [1.807, 2.05) is 25.1 Å². The zero-order valence-electron chi connectivity index (χ0n) is 14.3. The molecule has 1 aliphatic rings. The molecule has 0 aliphatic carbocycles. The topological polar surface area (TPSA) is 111 Å². The van der Waals surface area contributed by atoms with E-state index in [1.165, 1.54) is 0 Å². The first-order valence-corrected chi connectivity index (χ1v) is 7.95. The molecule has 1 aromatic carbocycles. The summed E-state index contributed by atoms with van der Waals surface area (Å²) < 4.78 is 16.0. The predicted octanol–water partition coefficient (Wildman–Crippen LogP) is 1.98. The second kappa shape index (κ2) is 9.32. The Hall–Kier alpha value is -2.43. The van der Waals surface area contributed by atoms with E-state index in [0.717, 1.165) is 23.6 Å². The van der Waals surface area contributed by atoms with Crippen molar-refractivity contribution in [2.24, 2.45) is 10.7 Å². The minimum absolute atomic E-state index is 0. The number of nitrogens with one attached hydrogen (secondary N) is 2. The Bertz CT molecular complexity index is 791. The highest BCUT2D eigenvalue weighted by molar-refractivity contribution is 14.0. The molecule has 0 fully saturated rings. The van der Waals surface area contributed by atoms with Gasteiger partial charge in [-0.05, 0) is 36.8 Å². The van der Waals surface area contributed by atoms with Crippen molar-refractivity contribution in [2.45, 2.75) is 20.0 Å². The number of amides is 1. The number of carbonyl (C=O) groups excluding carboxylic acids is 1. The number of hydrogen-bond donors (Lipinski definition) is 3. The molecule has 0 unspecified atom stereocenters. The van der Waals surface area contributed by atoms with Crippen LogP contribution in [0.2, 0.25) is 0 Å². The quantitative estimate of drug-likeness (QED) is 0.337. The highest BCUT2D eigenvalue weighted by Gasteiger charge is 2.13. The van der Waals surface area contributed by atoms with Crippen LogP contribution in [0, 0.1) is 0 Å². The highest BCUT2D eigenvalue weighted by Crippen LogP contribution is 2.32. The van der Waals surface area contributed by atoms with Crippen LogP contribution in [0.15, 0.2) is 39.7 Å². The summed E-state index contributed by atoms with van der Waals surface area (Å²) in [5.41, 5.74) is 6.18. The number of aliphatic imine (C=N–C) groups is 1.